The van der Waals surface area contributed by atoms with Crippen molar-refractivity contribution in [2.75, 3.05) is 5.32 Å². The molecule has 0 bridgehead atoms. The molecule has 25 heavy (non-hydrogen) atoms. The molecule has 0 unspecified atom stereocenters. The second-order valence-electron chi connectivity index (χ2n) is 5.06. The number of aromatic nitrogens is 3. The van der Waals surface area contributed by atoms with E-state index < -0.39 is 0 Å². The van der Waals surface area contributed by atoms with Crippen LogP contribution < -0.4 is 10.6 Å². The Morgan fingerprint density at radius 3 is 2.64 bits per heavy atom. The standard InChI is InChI=1S/C17H13Cl2N5O/c18-12-4-1-5-13(16(12)19)24-15-10-21-14(9-22-15)17(25)23-8-11-3-2-6-20-7-11/h1-7,9-10H,8H2,(H,22,24)(H,23,25). The van der Waals surface area contributed by atoms with Crippen LogP contribution in [0.1, 0.15) is 16.1 Å². The van der Waals surface area contributed by atoms with E-state index in [0.717, 1.165) is 5.56 Å². The minimum atomic E-state index is -0.316. The first-order chi connectivity index (χ1) is 12.1. The number of benzene rings is 1. The van der Waals surface area contributed by atoms with E-state index in [9.17, 15) is 4.79 Å². The normalized spacial score (nSPS) is 10.3. The van der Waals surface area contributed by atoms with E-state index in [4.69, 9.17) is 23.2 Å². The molecule has 0 saturated heterocycles. The highest BCUT2D eigenvalue weighted by Crippen LogP contribution is 2.31. The second-order valence-corrected chi connectivity index (χ2v) is 5.84. The highest BCUT2D eigenvalue weighted by atomic mass is 35.5. The fourth-order valence-corrected chi connectivity index (χ4v) is 2.37. The van der Waals surface area contributed by atoms with Crippen molar-refractivity contribution in [3.05, 3.63) is 76.4 Å². The molecule has 0 fully saturated rings. The van der Waals surface area contributed by atoms with Crippen LogP contribution in [0.5, 0.6) is 0 Å². The van der Waals surface area contributed by atoms with Crippen molar-refractivity contribution in [2.24, 2.45) is 0 Å². The van der Waals surface area contributed by atoms with Crippen molar-refractivity contribution in [1.29, 1.82) is 0 Å². The Labute approximate surface area is 154 Å². The van der Waals surface area contributed by atoms with Gasteiger partial charge >= 0.3 is 0 Å². The summed E-state index contributed by atoms with van der Waals surface area (Å²) in [5, 5.41) is 6.60. The van der Waals surface area contributed by atoms with Crippen molar-refractivity contribution >= 4 is 40.6 Å². The van der Waals surface area contributed by atoms with Crippen LogP contribution in [0, 0.1) is 0 Å². The number of hydrogen-bond acceptors (Lipinski definition) is 5. The molecule has 2 heterocycles. The highest BCUT2D eigenvalue weighted by molar-refractivity contribution is 6.43. The number of pyridine rings is 1. The van der Waals surface area contributed by atoms with Gasteiger partial charge in [-0.3, -0.25) is 9.78 Å². The number of amides is 1. The summed E-state index contributed by atoms with van der Waals surface area (Å²) in [6.07, 6.45) is 6.21. The van der Waals surface area contributed by atoms with Gasteiger partial charge in [0.15, 0.2) is 0 Å². The van der Waals surface area contributed by atoms with E-state index in [1.807, 2.05) is 12.1 Å². The summed E-state index contributed by atoms with van der Waals surface area (Å²) in [6.45, 7) is 0.368. The SMILES string of the molecule is O=C(NCc1cccnc1)c1cnc(Nc2cccc(Cl)c2Cl)cn1. The smallest absolute Gasteiger partial charge is 0.271 e. The maximum absolute atomic E-state index is 12.1. The van der Waals surface area contributed by atoms with Crippen LogP contribution in [0.15, 0.2) is 55.1 Å². The van der Waals surface area contributed by atoms with Gasteiger partial charge in [-0.15, -0.1) is 0 Å². The molecule has 0 saturated carbocycles. The minimum Gasteiger partial charge on any atom is -0.347 e. The third-order valence-electron chi connectivity index (χ3n) is 3.27. The van der Waals surface area contributed by atoms with Gasteiger partial charge in [-0.2, -0.15) is 0 Å². The first kappa shape index (κ1) is 17.1. The van der Waals surface area contributed by atoms with Gasteiger partial charge in [-0.1, -0.05) is 35.3 Å². The number of hydrogen-bond donors (Lipinski definition) is 2. The molecule has 0 radical (unpaired) electrons. The summed E-state index contributed by atoms with van der Waals surface area (Å²) >= 11 is 12.1. The van der Waals surface area contributed by atoms with E-state index in [2.05, 4.69) is 25.6 Å². The van der Waals surface area contributed by atoms with Crippen LogP contribution in [-0.2, 0) is 6.54 Å². The van der Waals surface area contributed by atoms with E-state index in [0.29, 0.717) is 28.1 Å². The molecule has 3 aromatic rings. The van der Waals surface area contributed by atoms with Gasteiger partial charge in [-0.05, 0) is 23.8 Å². The van der Waals surface area contributed by atoms with Crippen LogP contribution in [0.2, 0.25) is 10.0 Å². The topological polar surface area (TPSA) is 79.8 Å². The zero-order valence-electron chi connectivity index (χ0n) is 12.9. The lowest BCUT2D eigenvalue weighted by molar-refractivity contribution is 0.0945. The Morgan fingerprint density at radius 2 is 1.92 bits per heavy atom. The first-order valence-corrected chi connectivity index (χ1v) is 8.09. The highest BCUT2D eigenvalue weighted by Gasteiger charge is 2.09. The van der Waals surface area contributed by atoms with Gasteiger partial charge < -0.3 is 10.6 Å². The fraction of sp³-hybridized carbons (Fsp3) is 0.0588. The van der Waals surface area contributed by atoms with E-state index in [-0.39, 0.29) is 11.6 Å². The quantitative estimate of drug-likeness (QED) is 0.709. The van der Waals surface area contributed by atoms with Crippen LogP contribution in [-0.4, -0.2) is 20.9 Å². The Kier molecular flexibility index (Phi) is 5.42. The van der Waals surface area contributed by atoms with Gasteiger partial charge in [-0.25, -0.2) is 9.97 Å². The summed E-state index contributed by atoms with van der Waals surface area (Å²) in [5.74, 6) is 0.136. The molecule has 8 heteroatoms. The summed E-state index contributed by atoms with van der Waals surface area (Å²) in [5.41, 5.74) is 1.72. The van der Waals surface area contributed by atoms with Gasteiger partial charge in [0.1, 0.15) is 11.5 Å². The van der Waals surface area contributed by atoms with Gasteiger partial charge in [0.05, 0.1) is 28.1 Å². The third kappa shape index (κ3) is 4.43. The molecule has 3 rings (SSSR count). The molecule has 0 spiro atoms. The summed E-state index contributed by atoms with van der Waals surface area (Å²) in [4.78, 5) is 24.4. The number of anilines is 2. The summed E-state index contributed by atoms with van der Waals surface area (Å²) in [7, 11) is 0. The predicted molar refractivity (Wildman–Crippen MR) is 97.2 cm³/mol. The molecular weight excluding hydrogens is 361 g/mol. The van der Waals surface area contributed by atoms with Gasteiger partial charge in [0, 0.05) is 18.9 Å². The van der Waals surface area contributed by atoms with Crippen molar-refractivity contribution in [1.82, 2.24) is 20.3 Å². The molecule has 0 atom stereocenters. The monoisotopic (exact) mass is 373 g/mol. The van der Waals surface area contributed by atoms with Crippen molar-refractivity contribution in [2.45, 2.75) is 6.54 Å². The molecule has 0 aliphatic rings. The number of nitrogens with one attached hydrogen (secondary N) is 2. The van der Waals surface area contributed by atoms with Crippen molar-refractivity contribution in [3.8, 4) is 0 Å². The third-order valence-corrected chi connectivity index (χ3v) is 4.09. The number of carbonyl (C=O) groups is 1. The van der Waals surface area contributed by atoms with Gasteiger partial charge in [0.25, 0.3) is 5.91 Å². The van der Waals surface area contributed by atoms with Gasteiger partial charge in [0.2, 0.25) is 0 Å². The Bertz CT molecular complexity index is 872. The molecular formula is C17H13Cl2N5O. The van der Waals surface area contributed by atoms with Crippen molar-refractivity contribution < 1.29 is 4.79 Å². The van der Waals surface area contributed by atoms with E-state index in [1.165, 1.54) is 12.4 Å². The zero-order chi connectivity index (χ0) is 17.6. The largest absolute Gasteiger partial charge is 0.347 e. The van der Waals surface area contributed by atoms with E-state index in [1.54, 1.807) is 30.6 Å². The number of nitrogens with zero attached hydrogens (tertiary/aromatic N) is 3. The van der Waals surface area contributed by atoms with Crippen LogP contribution in [0.25, 0.3) is 0 Å². The molecule has 2 N–H and O–H groups in total. The molecule has 0 aliphatic heterocycles. The molecule has 1 amide bonds. The maximum atomic E-state index is 12.1. The Balaban J connectivity index is 1.63. The van der Waals surface area contributed by atoms with Crippen LogP contribution in [0.4, 0.5) is 11.5 Å². The molecule has 1 aromatic carbocycles. The lowest BCUT2D eigenvalue weighted by Gasteiger charge is -2.09. The number of halogens is 2. The summed E-state index contributed by atoms with van der Waals surface area (Å²) < 4.78 is 0. The molecule has 126 valence electrons. The van der Waals surface area contributed by atoms with Crippen LogP contribution in [0.3, 0.4) is 0 Å². The van der Waals surface area contributed by atoms with E-state index >= 15 is 0 Å². The molecule has 0 aliphatic carbocycles. The average Bonchev–Trinajstić information content (AvgIpc) is 2.65. The Morgan fingerprint density at radius 1 is 1.04 bits per heavy atom. The first-order valence-electron chi connectivity index (χ1n) is 7.33. The fourth-order valence-electron chi connectivity index (χ4n) is 2.02. The zero-order valence-corrected chi connectivity index (χ0v) is 14.4. The Hall–Kier alpha value is -2.70. The van der Waals surface area contributed by atoms with Crippen LogP contribution >= 0.6 is 23.2 Å². The second kappa shape index (κ2) is 7.92. The maximum Gasteiger partial charge on any atom is 0.271 e. The lowest BCUT2D eigenvalue weighted by atomic mass is 10.3. The van der Waals surface area contributed by atoms with Crippen molar-refractivity contribution in [3.63, 3.8) is 0 Å². The molecule has 6 nitrogen and oxygen atoms in total. The average molecular weight is 374 g/mol. The lowest BCUT2D eigenvalue weighted by Crippen LogP contribution is -2.24. The minimum absolute atomic E-state index is 0.214. The number of carbonyl (C=O) groups excluding carboxylic acids is 1. The molecule has 2 aromatic heterocycles. The summed E-state index contributed by atoms with van der Waals surface area (Å²) in [6, 6.07) is 8.91. The number of rotatable bonds is 5. The predicted octanol–water partition coefficient (Wildman–Crippen LogP) is 3.85.